The van der Waals surface area contributed by atoms with Crippen LogP contribution in [0.25, 0.3) is 0 Å². The lowest BCUT2D eigenvalue weighted by molar-refractivity contribution is 0.0374. The van der Waals surface area contributed by atoms with Gasteiger partial charge in [-0.15, -0.1) is 0 Å². The Kier molecular flexibility index (Phi) is 7.15. The summed E-state index contributed by atoms with van der Waals surface area (Å²) in [4.78, 5) is 2.41. The zero-order valence-electron chi connectivity index (χ0n) is 14.5. The summed E-state index contributed by atoms with van der Waals surface area (Å²) in [5.74, 6) is 0.436. The lowest BCUT2D eigenvalue weighted by Gasteiger charge is -2.26. The summed E-state index contributed by atoms with van der Waals surface area (Å²) in [6.07, 6.45) is 1.90. The fraction of sp³-hybridized carbons (Fsp3) is 0.400. The van der Waals surface area contributed by atoms with E-state index in [0.717, 1.165) is 62.6 Å². The highest BCUT2D eigenvalue weighted by atomic mass is 35.5. The number of benzene rings is 2. The summed E-state index contributed by atoms with van der Waals surface area (Å²) < 4.78 is 24.5. The summed E-state index contributed by atoms with van der Waals surface area (Å²) in [6, 6.07) is 9.97. The first-order valence-electron chi connectivity index (χ1n) is 8.77. The molecular weight excluding hydrogens is 376 g/mol. The second-order valence-corrected chi connectivity index (χ2v) is 7.18. The zero-order chi connectivity index (χ0) is 18.4. The van der Waals surface area contributed by atoms with Gasteiger partial charge in [-0.05, 0) is 55.3 Å². The molecule has 0 amide bonds. The lowest BCUT2D eigenvalue weighted by Crippen LogP contribution is -2.36. The first kappa shape index (κ1) is 19.4. The molecule has 0 saturated carbocycles. The van der Waals surface area contributed by atoms with E-state index in [-0.39, 0.29) is 12.4 Å². The van der Waals surface area contributed by atoms with Gasteiger partial charge in [-0.1, -0.05) is 29.3 Å². The maximum absolute atomic E-state index is 13.2. The van der Waals surface area contributed by atoms with Crippen LogP contribution in [0.2, 0.25) is 10.0 Å². The molecule has 1 heterocycles. The van der Waals surface area contributed by atoms with Crippen molar-refractivity contribution < 1.29 is 13.9 Å². The molecular formula is C20H22Cl2FNO2. The van der Waals surface area contributed by atoms with Crippen molar-refractivity contribution in [2.75, 3.05) is 32.8 Å². The van der Waals surface area contributed by atoms with Crippen molar-refractivity contribution in [1.82, 2.24) is 4.90 Å². The topological polar surface area (TPSA) is 21.7 Å². The van der Waals surface area contributed by atoms with Gasteiger partial charge in [-0.2, -0.15) is 0 Å². The number of morpholine rings is 1. The van der Waals surface area contributed by atoms with Crippen LogP contribution in [0, 0.1) is 5.82 Å². The standard InChI is InChI=1S/C20H22Cl2FNO2/c21-17-4-6-20(26-14-16-3-5-18(23)13-19(16)22)15(12-17)2-1-7-24-8-10-25-11-9-24/h3-6,12-13H,1-2,7-11,14H2. The van der Waals surface area contributed by atoms with Gasteiger partial charge in [0, 0.05) is 23.7 Å². The van der Waals surface area contributed by atoms with Crippen LogP contribution in [-0.4, -0.2) is 37.7 Å². The second-order valence-electron chi connectivity index (χ2n) is 6.33. The molecule has 26 heavy (non-hydrogen) atoms. The second kappa shape index (κ2) is 9.56. The van der Waals surface area contributed by atoms with Crippen LogP contribution in [0.3, 0.4) is 0 Å². The smallest absolute Gasteiger partial charge is 0.124 e. The molecule has 3 rings (SSSR count). The van der Waals surface area contributed by atoms with E-state index in [4.69, 9.17) is 32.7 Å². The largest absolute Gasteiger partial charge is 0.489 e. The highest BCUT2D eigenvalue weighted by Gasteiger charge is 2.11. The van der Waals surface area contributed by atoms with E-state index >= 15 is 0 Å². The van der Waals surface area contributed by atoms with E-state index in [1.807, 2.05) is 18.2 Å². The number of rotatable bonds is 7. The van der Waals surface area contributed by atoms with Gasteiger partial charge < -0.3 is 9.47 Å². The normalized spacial score (nSPS) is 15.2. The third-order valence-corrected chi connectivity index (χ3v) is 5.03. The van der Waals surface area contributed by atoms with Crippen molar-refractivity contribution in [2.45, 2.75) is 19.4 Å². The van der Waals surface area contributed by atoms with Crippen LogP contribution in [0.1, 0.15) is 17.5 Å². The molecule has 0 unspecified atom stereocenters. The lowest BCUT2D eigenvalue weighted by atomic mass is 10.1. The summed E-state index contributed by atoms with van der Waals surface area (Å²) in [6.45, 7) is 4.91. The number of halogens is 3. The molecule has 0 spiro atoms. The zero-order valence-corrected chi connectivity index (χ0v) is 16.0. The van der Waals surface area contributed by atoms with Crippen LogP contribution in [0.5, 0.6) is 5.75 Å². The van der Waals surface area contributed by atoms with E-state index in [2.05, 4.69) is 4.90 Å². The van der Waals surface area contributed by atoms with Crippen LogP contribution in [0.15, 0.2) is 36.4 Å². The average Bonchev–Trinajstić information content (AvgIpc) is 2.63. The predicted molar refractivity (Wildman–Crippen MR) is 103 cm³/mol. The summed E-state index contributed by atoms with van der Waals surface area (Å²) >= 11 is 12.2. The number of aryl methyl sites for hydroxylation is 1. The Morgan fingerprint density at radius 1 is 1.04 bits per heavy atom. The molecule has 0 aliphatic carbocycles. The number of hydrogen-bond acceptors (Lipinski definition) is 3. The fourth-order valence-electron chi connectivity index (χ4n) is 3.00. The molecule has 0 bridgehead atoms. The van der Waals surface area contributed by atoms with Crippen molar-refractivity contribution in [2.24, 2.45) is 0 Å². The molecule has 3 nitrogen and oxygen atoms in total. The minimum atomic E-state index is -0.353. The van der Waals surface area contributed by atoms with Gasteiger partial charge in [0.2, 0.25) is 0 Å². The molecule has 1 aliphatic rings. The van der Waals surface area contributed by atoms with Gasteiger partial charge in [0.15, 0.2) is 0 Å². The van der Waals surface area contributed by atoms with Gasteiger partial charge >= 0.3 is 0 Å². The summed E-state index contributed by atoms with van der Waals surface area (Å²) in [7, 11) is 0. The van der Waals surface area contributed by atoms with Crippen LogP contribution >= 0.6 is 23.2 Å². The molecule has 1 saturated heterocycles. The molecule has 1 fully saturated rings. The fourth-order valence-corrected chi connectivity index (χ4v) is 3.41. The molecule has 0 atom stereocenters. The molecule has 2 aromatic rings. The SMILES string of the molecule is Fc1ccc(COc2ccc(Cl)cc2CCCN2CCOCC2)c(Cl)c1. The Morgan fingerprint density at radius 2 is 1.85 bits per heavy atom. The number of hydrogen-bond donors (Lipinski definition) is 0. The Hall–Kier alpha value is -1.33. The molecule has 6 heteroatoms. The van der Waals surface area contributed by atoms with Gasteiger partial charge in [0.25, 0.3) is 0 Å². The minimum absolute atomic E-state index is 0.289. The van der Waals surface area contributed by atoms with E-state index in [9.17, 15) is 4.39 Å². The van der Waals surface area contributed by atoms with E-state index in [1.165, 1.54) is 12.1 Å². The van der Waals surface area contributed by atoms with Crippen LogP contribution < -0.4 is 4.74 Å². The average molecular weight is 398 g/mol. The van der Waals surface area contributed by atoms with Crippen LogP contribution in [0.4, 0.5) is 4.39 Å². The molecule has 140 valence electrons. The summed E-state index contributed by atoms with van der Waals surface area (Å²) in [5, 5.41) is 1.06. The monoisotopic (exact) mass is 397 g/mol. The summed E-state index contributed by atoms with van der Waals surface area (Å²) in [5.41, 5.74) is 1.83. The van der Waals surface area contributed by atoms with Gasteiger partial charge in [0.1, 0.15) is 18.2 Å². The Bertz CT molecular complexity index is 736. The molecule has 0 aromatic heterocycles. The van der Waals surface area contributed by atoms with Gasteiger partial charge in [-0.25, -0.2) is 4.39 Å². The van der Waals surface area contributed by atoms with E-state index in [0.29, 0.717) is 10.0 Å². The highest BCUT2D eigenvalue weighted by molar-refractivity contribution is 6.31. The molecule has 1 aliphatic heterocycles. The Labute approximate surface area is 163 Å². The number of ether oxygens (including phenoxy) is 2. The highest BCUT2D eigenvalue weighted by Crippen LogP contribution is 2.26. The van der Waals surface area contributed by atoms with Crippen molar-refractivity contribution in [3.8, 4) is 5.75 Å². The molecule has 0 radical (unpaired) electrons. The maximum atomic E-state index is 13.2. The Balaban J connectivity index is 1.59. The third-order valence-electron chi connectivity index (χ3n) is 4.44. The Morgan fingerprint density at radius 3 is 2.62 bits per heavy atom. The van der Waals surface area contributed by atoms with Crippen molar-refractivity contribution in [3.05, 3.63) is 63.4 Å². The quantitative estimate of drug-likeness (QED) is 0.657. The van der Waals surface area contributed by atoms with Gasteiger partial charge in [-0.3, -0.25) is 4.90 Å². The van der Waals surface area contributed by atoms with Gasteiger partial charge in [0.05, 0.1) is 18.2 Å². The first-order valence-corrected chi connectivity index (χ1v) is 9.52. The van der Waals surface area contributed by atoms with Crippen LogP contribution in [-0.2, 0) is 17.8 Å². The minimum Gasteiger partial charge on any atom is -0.489 e. The van der Waals surface area contributed by atoms with Crippen molar-refractivity contribution >= 4 is 23.2 Å². The maximum Gasteiger partial charge on any atom is 0.124 e. The number of nitrogens with zero attached hydrogens (tertiary/aromatic N) is 1. The van der Waals surface area contributed by atoms with Crippen molar-refractivity contribution in [1.29, 1.82) is 0 Å². The molecule has 0 N–H and O–H groups in total. The predicted octanol–water partition coefficient (Wildman–Crippen LogP) is 4.98. The van der Waals surface area contributed by atoms with Crippen molar-refractivity contribution in [3.63, 3.8) is 0 Å². The third kappa shape index (κ3) is 5.58. The first-order chi connectivity index (χ1) is 12.6. The van der Waals surface area contributed by atoms with E-state index in [1.54, 1.807) is 6.07 Å². The molecule has 2 aromatic carbocycles. The van der Waals surface area contributed by atoms with E-state index < -0.39 is 0 Å².